The molecule has 2 aromatic rings. The zero-order valence-corrected chi connectivity index (χ0v) is 9.80. The smallest absolute Gasteiger partial charge is 0.320 e. The van der Waals surface area contributed by atoms with Crippen LogP contribution < -0.4 is 5.32 Å². The summed E-state index contributed by atoms with van der Waals surface area (Å²) in [6.45, 7) is 0.718. The predicted octanol–water partition coefficient (Wildman–Crippen LogP) is 1.75. The molecular formula is C13H14N2O3. The molecule has 5 nitrogen and oxygen atoms in total. The second-order valence-corrected chi connectivity index (χ2v) is 4.67. The number of rotatable bonds is 2. The fraction of sp³-hybridized carbons (Fsp3) is 0.385. The van der Waals surface area contributed by atoms with E-state index in [0.717, 1.165) is 29.4 Å². The van der Waals surface area contributed by atoms with E-state index in [4.69, 9.17) is 9.63 Å². The molecule has 2 heterocycles. The molecule has 0 saturated carbocycles. The lowest BCUT2D eigenvalue weighted by Gasteiger charge is -2.28. The van der Waals surface area contributed by atoms with Crippen molar-refractivity contribution in [2.45, 2.75) is 24.8 Å². The van der Waals surface area contributed by atoms with Crippen LogP contribution >= 0.6 is 0 Å². The lowest BCUT2D eigenvalue weighted by atomic mass is 9.85. The molecule has 5 heteroatoms. The van der Waals surface area contributed by atoms with Gasteiger partial charge >= 0.3 is 5.97 Å². The van der Waals surface area contributed by atoms with Gasteiger partial charge in [0.05, 0.1) is 0 Å². The van der Waals surface area contributed by atoms with E-state index in [-0.39, 0.29) is 5.92 Å². The van der Waals surface area contributed by atoms with Gasteiger partial charge in [-0.25, -0.2) is 0 Å². The summed E-state index contributed by atoms with van der Waals surface area (Å²) in [5.41, 5.74) is 1.95. The topological polar surface area (TPSA) is 75.4 Å². The number of aromatic nitrogens is 1. The molecular weight excluding hydrogens is 232 g/mol. The highest BCUT2D eigenvalue weighted by atomic mass is 16.5. The number of aliphatic carboxylic acids is 1. The Morgan fingerprint density at radius 1 is 1.50 bits per heavy atom. The lowest BCUT2D eigenvalue weighted by Crippen LogP contribution is -2.42. The summed E-state index contributed by atoms with van der Waals surface area (Å²) in [6, 6.07) is 5.46. The summed E-state index contributed by atoms with van der Waals surface area (Å²) >= 11 is 0. The van der Waals surface area contributed by atoms with Crippen LogP contribution in [-0.2, 0) is 4.79 Å². The van der Waals surface area contributed by atoms with Gasteiger partial charge < -0.3 is 14.9 Å². The lowest BCUT2D eigenvalue weighted by molar-refractivity contribution is -0.140. The van der Waals surface area contributed by atoms with E-state index in [9.17, 15) is 4.79 Å². The number of carbonyl (C=O) groups is 1. The van der Waals surface area contributed by atoms with Crippen LogP contribution in [0.4, 0.5) is 0 Å². The first kappa shape index (κ1) is 11.2. The molecule has 2 N–H and O–H groups in total. The van der Waals surface area contributed by atoms with E-state index in [1.54, 1.807) is 6.26 Å². The molecule has 0 spiro atoms. The minimum Gasteiger partial charge on any atom is -0.480 e. The predicted molar refractivity (Wildman–Crippen MR) is 65.4 cm³/mol. The number of carboxylic acid groups (broad SMARTS) is 1. The van der Waals surface area contributed by atoms with Crippen molar-refractivity contribution in [3.05, 3.63) is 30.0 Å². The molecule has 1 saturated heterocycles. The molecule has 0 amide bonds. The second-order valence-electron chi connectivity index (χ2n) is 4.67. The van der Waals surface area contributed by atoms with E-state index in [0.29, 0.717) is 6.42 Å². The zero-order chi connectivity index (χ0) is 12.5. The fourth-order valence-corrected chi connectivity index (χ4v) is 2.63. The number of nitrogens with zero attached hydrogens (tertiary/aromatic N) is 1. The normalized spacial score (nSPS) is 24.2. The number of nitrogens with one attached hydrogen (secondary N) is 1. The number of piperidine rings is 1. The molecule has 18 heavy (non-hydrogen) atoms. The van der Waals surface area contributed by atoms with Gasteiger partial charge in [0.2, 0.25) is 0 Å². The van der Waals surface area contributed by atoms with Crippen LogP contribution in [0.1, 0.15) is 24.3 Å². The molecule has 1 aromatic heterocycles. The van der Waals surface area contributed by atoms with Crippen molar-refractivity contribution in [3.63, 3.8) is 0 Å². The third-order valence-electron chi connectivity index (χ3n) is 3.56. The summed E-state index contributed by atoms with van der Waals surface area (Å²) in [6.07, 6.45) is 3.14. The van der Waals surface area contributed by atoms with Gasteiger partial charge in [0, 0.05) is 5.39 Å². The molecule has 1 aromatic carbocycles. The molecule has 0 aliphatic carbocycles. The average molecular weight is 246 g/mol. The Morgan fingerprint density at radius 3 is 3.22 bits per heavy atom. The molecule has 0 radical (unpaired) electrons. The molecule has 2 unspecified atom stereocenters. The summed E-state index contributed by atoms with van der Waals surface area (Å²) in [7, 11) is 0. The van der Waals surface area contributed by atoms with Crippen LogP contribution in [0.5, 0.6) is 0 Å². The Kier molecular flexibility index (Phi) is 2.76. The van der Waals surface area contributed by atoms with E-state index < -0.39 is 12.0 Å². The first-order chi connectivity index (χ1) is 8.75. The minimum absolute atomic E-state index is 0.223. The van der Waals surface area contributed by atoms with Gasteiger partial charge in [0.1, 0.15) is 17.8 Å². The zero-order valence-electron chi connectivity index (χ0n) is 9.80. The van der Waals surface area contributed by atoms with Gasteiger partial charge in [-0.05, 0) is 36.9 Å². The average Bonchev–Trinajstić information content (AvgIpc) is 2.87. The minimum atomic E-state index is -0.785. The maximum absolute atomic E-state index is 11.0. The molecule has 2 atom stereocenters. The molecule has 0 bridgehead atoms. The SMILES string of the molecule is O=C(O)C1CC(c2cccc3conc23)CCN1. The second kappa shape index (κ2) is 4.42. The number of benzene rings is 1. The van der Waals surface area contributed by atoms with Gasteiger partial charge in [-0.2, -0.15) is 0 Å². The number of fused-ring (bicyclic) bond motifs is 1. The monoisotopic (exact) mass is 246 g/mol. The van der Waals surface area contributed by atoms with E-state index in [1.165, 1.54) is 0 Å². The fourth-order valence-electron chi connectivity index (χ4n) is 2.63. The highest BCUT2D eigenvalue weighted by Gasteiger charge is 2.28. The van der Waals surface area contributed by atoms with Crippen LogP contribution in [-0.4, -0.2) is 28.8 Å². The van der Waals surface area contributed by atoms with Crippen molar-refractivity contribution in [1.29, 1.82) is 0 Å². The van der Waals surface area contributed by atoms with Crippen LogP contribution in [0.25, 0.3) is 10.9 Å². The van der Waals surface area contributed by atoms with Gasteiger partial charge in [0.25, 0.3) is 0 Å². The van der Waals surface area contributed by atoms with Crippen molar-refractivity contribution in [1.82, 2.24) is 10.5 Å². The third-order valence-corrected chi connectivity index (χ3v) is 3.56. The Labute approximate surface area is 104 Å². The Balaban J connectivity index is 1.94. The van der Waals surface area contributed by atoms with E-state index in [2.05, 4.69) is 10.5 Å². The van der Waals surface area contributed by atoms with Gasteiger partial charge in [0.15, 0.2) is 0 Å². The van der Waals surface area contributed by atoms with Crippen molar-refractivity contribution in [2.24, 2.45) is 0 Å². The highest BCUT2D eigenvalue weighted by molar-refractivity contribution is 5.81. The standard InChI is InChI=1S/C13H14N2O3/c16-13(17)11-6-8(4-5-14-11)10-3-1-2-9-7-18-15-12(9)10/h1-3,7-8,11,14H,4-6H2,(H,16,17). The Hall–Kier alpha value is -1.88. The van der Waals surface area contributed by atoms with Gasteiger partial charge in [-0.15, -0.1) is 0 Å². The molecule has 94 valence electrons. The summed E-state index contributed by atoms with van der Waals surface area (Å²) < 4.78 is 4.99. The van der Waals surface area contributed by atoms with Crippen LogP contribution in [0.15, 0.2) is 29.0 Å². The summed E-state index contributed by atoms with van der Waals surface area (Å²) in [5, 5.41) is 17.1. The first-order valence-electron chi connectivity index (χ1n) is 6.05. The van der Waals surface area contributed by atoms with Gasteiger partial charge in [-0.1, -0.05) is 17.3 Å². The van der Waals surface area contributed by atoms with Crippen LogP contribution in [0.3, 0.4) is 0 Å². The molecule has 1 aliphatic heterocycles. The highest BCUT2D eigenvalue weighted by Crippen LogP contribution is 2.32. The van der Waals surface area contributed by atoms with E-state index >= 15 is 0 Å². The summed E-state index contributed by atoms with van der Waals surface area (Å²) in [4.78, 5) is 11.0. The van der Waals surface area contributed by atoms with Crippen molar-refractivity contribution >= 4 is 16.9 Å². The quantitative estimate of drug-likeness (QED) is 0.844. The van der Waals surface area contributed by atoms with Crippen molar-refractivity contribution in [3.8, 4) is 0 Å². The molecule has 1 fully saturated rings. The van der Waals surface area contributed by atoms with Crippen LogP contribution in [0.2, 0.25) is 0 Å². The number of carboxylic acids is 1. The van der Waals surface area contributed by atoms with E-state index in [1.807, 2.05) is 18.2 Å². The maximum Gasteiger partial charge on any atom is 0.320 e. The Bertz CT molecular complexity index is 578. The van der Waals surface area contributed by atoms with Gasteiger partial charge in [-0.3, -0.25) is 4.79 Å². The largest absolute Gasteiger partial charge is 0.480 e. The maximum atomic E-state index is 11.0. The van der Waals surface area contributed by atoms with Crippen molar-refractivity contribution < 1.29 is 14.4 Å². The number of hydrogen-bond acceptors (Lipinski definition) is 4. The third kappa shape index (κ3) is 1.86. The first-order valence-corrected chi connectivity index (χ1v) is 6.05. The number of hydrogen-bond donors (Lipinski definition) is 2. The summed E-state index contributed by atoms with van der Waals surface area (Å²) in [5.74, 6) is -0.562. The molecule has 3 rings (SSSR count). The molecule has 1 aliphatic rings. The Morgan fingerprint density at radius 2 is 2.39 bits per heavy atom. The van der Waals surface area contributed by atoms with Crippen molar-refractivity contribution in [2.75, 3.05) is 6.54 Å². The van der Waals surface area contributed by atoms with Crippen LogP contribution in [0, 0.1) is 0 Å².